The number of aromatic carboxylic acids is 1. The summed E-state index contributed by atoms with van der Waals surface area (Å²) in [6.45, 7) is 0.894. The molecule has 0 saturated heterocycles. The van der Waals surface area contributed by atoms with Crippen LogP contribution >= 0.6 is 0 Å². The van der Waals surface area contributed by atoms with E-state index in [1.165, 1.54) is 6.07 Å². The van der Waals surface area contributed by atoms with Gasteiger partial charge >= 0.3 is 5.97 Å². The monoisotopic (exact) mass is 422 g/mol. The Morgan fingerprint density at radius 1 is 1.06 bits per heavy atom. The molecule has 0 amide bonds. The number of hydrogen-bond donors (Lipinski definition) is 3. The van der Waals surface area contributed by atoms with Crippen LogP contribution in [0, 0.1) is 5.82 Å². The smallest absolute Gasteiger partial charge is 0.371 e. The summed E-state index contributed by atoms with van der Waals surface area (Å²) >= 11 is 0. The van der Waals surface area contributed by atoms with Gasteiger partial charge in [0, 0.05) is 22.7 Å². The van der Waals surface area contributed by atoms with Crippen LogP contribution in [0.25, 0.3) is 22.2 Å². The van der Waals surface area contributed by atoms with Crippen molar-refractivity contribution in [3.63, 3.8) is 0 Å². The Balaban J connectivity index is 1.52. The number of carboxylic acids is 1. The topological polar surface area (TPSA) is 133 Å². The van der Waals surface area contributed by atoms with Crippen molar-refractivity contribution in [3.05, 3.63) is 54.0 Å². The molecule has 1 aliphatic heterocycles. The highest BCUT2D eigenvalue weighted by atomic mass is 19.1. The zero-order valence-electron chi connectivity index (χ0n) is 15.9. The van der Waals surface area contributed by atoms with Crippen LogP contribution in [0.3, 0.4) is 0 Å². The van der Waals surface area contributed by atoms with Gasteiger partial charge in [-0.3, -0.25) is 0 Å². The molecule has 10 heteroatoms. The third-order valence-electron chi connectivity index (χ3n) is 4.67. The quantitative estimate of drug-likeness (QED) is 0.449. The van der Waals surface area contributed by atoms with E-state index < -0.39 is 11.8 Å². The molecule has 9 nitrogen and oxygen atoms in total. The molecule has 0 aliphatic carbocycles. The van der Waals surface area contributed by atoms with Crippen molar-refractivity contribution in [1.82, 2.24) is 9.97 Å². The number of fused-ring (bicyclic) bond motifs is 2. The highest BCUT2D eigenvalue weighted by Gasteiger charge is 2.19. The summed E-state index contributed by atoms with van der Waals surface area (Å²) in [6, 6.07) is 11.1. The number of halogens is 1. The Hall–Kier alpha value is -4.34. The summed E-state index contributed by atoms with van der Waals surface area (Å²) < 4.78 is 31.5. The summed E-state index contributed by atoms with van der Waals surface area (Å²) in [5.74, 6) is -1.22. The number of furan rings is 1. The van der Waals surface area contributed by atoms with Crippen LogP contribution in [0.1, 0.15) is 10.6 Å². The van der Waals surface area contributed by atoms with Gasteiger partial charge in [0.15, 0.2) is 23.1 Å². The molecule has 0 fully saturated rings. The third-order valence-corrected chi connectivity index (χ3v) is 4.67. The molecule has 2 aromatic carbocycles. The average Bonchev–Trinajstić information content (AvgIpc) is 3.20. The van der Waals surface area contributed by atoms with Gasteiger partial charge in [-0.25, -0.2) is 14.2 Å². The Morgan fingerprint density at radius 2 is 1.87 bits per heavy atom. The number of nitrogens with one attached hydrogen (secondary N) is 1. The Morgan fingerprint density at radius 3 is 2.68 bits per heavy atom. The van der Waals surface area contributed by atoms with Crippen molar-refractivity contribution in [2.24, 2.45) is 0 Å². The van der Waals surface area contributed by atoms with E-state index >= 15 is 4.39 Å². The minimum absolute atomic E-state index is 0.0347. The van der Waals surface area contributed by atoms with Gasteiger partial charge in [-0.1, -0.05) is 0 Å². The molecule has 2 aromatic heterocycles. The number of benzene rings is 2. The van der Waals surface area contributed by atoms with Gasteiger partial charge in [0.25, 0.3) is 0 Å². The van der Waals surface area contributed by atoms with Crippen molar-refractivity contribution in [1.29, 1.82) is 0 Å². The van der Waals surface area contributed by atoms with Crippen LogP contribution in [-0.4, -0.2) is 34.3 Å². The summed E-state index contributed by atoms with van der Waals surface area (Å²) in [7, 11) is 0. The molecule has 1 aliphatic rings. The molecule has 0 unspecified atom stereocenters. The van der Waals surface area contributed by atoms with E-state index in [0.717, 1.165) is 0 Å². The number of carboxylic acid groups (broad SMARTS) is 1. The highest BCUT2D eigenvalue weighted by Crippen LogP contribution is 2.35. The molecule has 0 bridgehead atoms. The number of rotatable bonds is 4. The zero-order valence-corrected chi connectivity index (χ0v) is 15.9. The van der Waals surface area contributed by atoms with Crippen molar-refractivity contribution < 1.29 is 28.2 Å². The van der Waals surface area contributed by atoms with Gasteiger partial charge in [0.1, 0.15) is 24.5 Å². The van der Waals surface area contributed by atoms with E-state index in [1.807, 2.05) is 0 Å². The molecule has 5 rings (SSSR count). The van der Waals surface area contributed by atoms with Gasteiger partial charge in [-0.2, -0.15) is 4.98 Å². The molecule has 0 saturated carbocycles. The van der Waals surface area contributed by atoms with Gasteiger partial charge in [0.2, 0.25) is 11.7 Å². The van der Waals surface area contributed by atoms with E-state index in [-0.39, 0.29) is 23.2 Å². The second-order valence-electron chi connectivity index (χ2n) is 6.74. The number of nitrogen functional groups attached to an aromatic ring is 1. The minimum atomic E-state index is -1.19. The first kappa shape index (κ1) is 18.7. The van der Waals surface area contributed by atoms with Crippen LogP contribution < -0.4 is 20.5 Å². The predicted molar refractivity (Wildman–Crippen MR) is 109 cm³/mol. The predicted octanol–water partition coefficient (Wildman–Crippen LogP) is 3.82. The number of hydrogen-bond acceptors (Lipinski definition) is 8. The van der Waals surface area contributed by atoms with Crippen molar-refractivity contribution in [2.75, 3.05) is 24.3 Å². The van der Waals surface area contributed by atoms with Crippen LogP contribution in [0.15, 0.2) is 46.9 Å². The van der Waals surface area contributed by atoms with Gasteiger partial charge < -0.3 is 30.0 Å². The summed E-state index contributed by atoms with van der Waals surface area (Å²) in [4.78, 5) is 19.1. The Bertz CT molecular complexity index is 1340. The van der Waals surface area contributed by atoms with Gasteiger partial charge in [-0.05, 0) is 36.4 Å². The zero-order chi connectivity index (χ0) is 21.5. The van der Waals surface area contributed by atoms with Gasteiger partial charge in [-0.15, -0.1) is 0 Å². The fraction of sp³-hybridized carbons (Fsp3) is 0.0952. The molecule has 4 aromatic rings. The van der Waals surface area contributed by atoms with Crippen molar-refractivity contribution in [3.8, 4) is 22.8 Å². The lowest BCUT2D eigenvalue weighted by Gasteiger charge is -2.19. The number of nitrogens with two attached hydrogens (primary N) is 1. The fourth-order valence-electron chi connectivity index (χ4n) is 3.29. The Labute approximate surface area is 174 Å². The standard InChI is InChI=1S/C21H15FN4O5/c22-17-18(10-1-3-13-11(7-10)8-16(31-13)20(27)28)25-21(23)26-19(17)24-12-2-4-14-15(9-12)30-6-5-29-14/h1-4,7-9H,5-6H2,(H,27,28)(H3,23,24,25,26). The fourth-order valence-corrected chi connectivity index (χ4v) is 3.29. The Kier molecular flexibility index (Phi) is 4.32. The molecular weight excluding hydrogens is 407 g/mol. The van der Waals surface area contributed by atoms with Crippen molar-refractivity contribution >= 4 is 34.4 Å². The first-order valence-electron chi connectivity index (χ1n) is 9.25. The molecule has 3 heterocycles. The minimum Gasteiger partial charge on any atom is -0.486 e. The molecule has 0 spiro atoms. The molecule has 156 valence electrons. The van der Waals surface area contributed by atoms with E-state index in [2.05, 4.69) is 15.3 Å². The maximum Gasteiger partial charge on any atom is 0.371 e. The maximum atomic E-state index is 15.3. The van der Waals surface area contributed by atoms with Crippen LogP contribution in [0.2, 0.25) is 0 Å². The van der Waals surface area contributed by atoms with E-state index in [1.54, 1.807) is 36.4 Å². The summed E-state index contributed by atoms with van der Waals surface area (Å²) in [5.41, 5.74) is 7.06. The van der Waals surface area contributed by atoms with Crippen LogP contribution in [-0.2, 0) is 0 Å². The normalized spacial score (nSPS) is 12.7. The van der Waals surface area contributed by atoms with E-state index in [4.69, 9.17) is 24.7 Å². The second-order valence-corrected chi connectivity index (χ2v) is 6.74. The third kappa shape index (κ3) is 3.44. The first-order chi connectivity index (χ1) is 15.0. The highest BCUT2D eigenvalue weighted by molar-refractivity contribution is 5.93. The number of carbonyl (C=O) groups is 1. The number of ether oxygens (including phenoxy) is 2. The molecular formula is C21H15FN4O5. The number of nitrogens with zero attached hydrogens (tertiary/aromatic N) is 2. The lowest BCUT2D eigenvalue weighted by molar-refractivity contribution is 0.0665. The van der Waals surface area contributed by atoms with E-state index in [0.29, 0.717) is 46.9 Å². The largest absolute Gasteiger partial charge is 0.486 e. The molecule has 4 N–H and O–H groups in total. The first-order valence-corrected chi connectivity index (χ1v) is 9.25. The number of anilines is 3. The molecule has 0 atom stereocenters. The number of aromatic nitrogens is 2. The van der Waals surface area contributed by atoms with Crippen LogP contribution in [0.4, 0.5) is 21.8 Å². The average molecular weight is 422 g/mol. The SMILES string of the molecule is Nc1nc(Nc2ccc3c(c2)OCCO3)c(F)c(-c2ccc3oc(C(=O)O)cc3c2)n1. The molecule has 31 heavy (non-hydrogen) atoms. The van der Waals surface area contributed by atoms with Crippen molar-refractivity contribution in [2.45, 2.75) is 0 Å². The summed E-state index contributed by atoms with van der Waals surface area (Å²) in [5, 5.41) is 12.5. The lowest BCUT2D eigenvalue weighted by Crippen LogP contribution is -2.15. The van der Waals surface area contributed by atoms with Crippen LogP contribution in [0.5, 0.6) is 11.5 Å². The summed E-state index contributed by atoms with van der Waals surface area (Å²) in [6.07, 6.45) is 0. The maximum absolute atomic E-state index is 15.3. The van der Waals surface area contributed by atoms with E-state index in [9.17, 15) is 4.79 Å². The second kappa shape index (κ2) is 7.17. The van der Waals surface area contributed by atoms with Gasteiger partial charge in [0.05, 0.1) is 0 Å². The lowest BCUT2D eigenvalue weighted by atomic mass is 10.1. The molecule has 0 radical (unpaired) electrons.